The lowest BCUT2D eigenvalue weighted by atomic mass is 9.99. The molecule has 8 nitrogen and oxygen atoms in total. The molecule has 1 aromatic heterocycles. The van der Waals surface area contributed by atoms with E-state index in [1.165, 1.54) is 31.7 Å². The standard InChI is InChI=1S/C22H23ClF2N5O3PS/c1-30-7-6-13-8-17(24)19(9-14(13)12-30)28-22-26-11-16(23)21(29-22)27-18-5-4-15(35(25,32)33)10-20(18)34(2,3)31/h4-5,8-11H,6-7,12H2,1-3H3,(H2,26,27,28,29). The third-order valence-corrected chi connectivity index (χ3v) is 8.19. The molecule has 0 unspecified atom stereocenters. The zero-order valence-corrected chi connectivity index (χ0v) is 21.6. The van der Waals surface area contributed by atoms with Crippen LogP contribution in [-0.4, -0.2) is 50.2 Å². The number of aromatic nitrogens is 2. The molecule has 3 aromatic rings. The minimum atomic E-state index is -4.99. The maximum absolute atomic E-state index is 14.7. The van der Waals surface area contributed by atoms with E-state index in [1.54, 1.807) is 6.07 Å². The van der Waals surface area contributed by atoms with Gasteiger partial charge in [0, 0.05) is 18.4 Å². The summed E-state index contributed by atoms with van der Waals surface area (Å²) < 4.78 is 63.7. The van der Waals surface area contributed by atoms with Gasteiger partial charge in [-0.3, -0.25) is 0 Å². The smallest absolute Gasteiger partial charge is 0.332 e. The van der Waals surface area contributed by atoms with Crippen molar-refractivity contribution in [3.8, 4) is 0 Å². The molecule has 0 atom stereocenters. The Balaban J connectivity index is 1.67. The van der Waals surface area contributed by atoms with Crippen LogP contribution in [0.4, 0.5) is 31.4 Å². The van der Waals surface area contributed by atoms with Crippen molar-refractivity contribution in [2.45, 2.75) is 17.9 Å². The van der Waals surface area contributed by atoms with E-state index in [9.17, 15) is 21.3 Å². The summed E-state index contributed by atoms with van der Waals surface area (Å²) in [5.74, 6) is -0.280. The lowest BCUT2D eigenvalue weighted by Crippen LogP contribution is -2.26. The highest BCUT2D eigenvalue weighted by atomic mass is 35.5. The van der Waals surface area contributed by atoms with Crippen LogP contribution in [0, 0.1) is 5.82 Å². The molecule has 13 heteroatoms. The first-order valence-corrected chi connectivity index (χ1v) is 14.9. The summed E-state index contributed by atoms with van der Waals surface area (Å²) in [6, 6.07) is 6.58. The SMILES string of the molecule is CN1CCc2cc(F)c(Nc3ncc(Cl)c(Nc4ccc(S(=O)(=O)F)cc4P(C)(C)=O)n3)cc2C1. The summed E-state index contributed by atoms with van der Waals surface area (Å²) >= 11 is 6.24. The van der Waals surface area contributed by atoms with Gasteiger partial charge in [0.25, 0.3) is 0 Å². The van der Waals surface area contributed by atoms with Gasteiger partial charge >= 0.3 is 10.2 Å². The molecule has 35 heavy (non-hydrogen) atoms. The number of anilines is 4. The Morgan fingerprint density at radius 2 is 1.86 bits per heavy atom. The molecule has 0 spiro atoms. The van der Waals surface area contributed by atoms with E-state index in [1.807, 2.05) is 7.05 Å². The molecule has 0 amide bonds. The zero-order valence-electron chi connectivity index (χ0n) is 19.1. The number of benzene rings is 2. The van der Waals surface area contributed by atoms with Crippen molar-refractivity contribution >= 4 is 57.4 Å². The minimum absolute atomic E-state index is 0.0561. The Morgan fingerprint density at radius 3 is 2.54 bits per heavy atom. The van der Waals surface area contributed by atoms with Gasteiger partial charge in [-0.15, -0.1) is 3.89 Å². The van der Waals surface area contributed by atoms with Gasteiger partial charge in [0.2, 0.25) is 5.95 Å². The van der Waals surface area contributed by atoms with Crippen molar-refractivity contribution in [3.63, 3.8) is 0 Å². The fraction of sp³-hybridized carbons (Fsp3) is 0.273. The van der Waals surface area contributed by atoms with Crippen molar-refractivity contribution in [1.82, 2.24) is 14.9 Å². The Hall–Kier alpha value is -2.59. The topological polar surface area (TPSA) is 104 Å². The van der Waals surface area contributed by atoms with E-state index in [-0.39, 0.29) is 33.5 Å². The Labute approximate surface area is 207 Å². The van der Waals surface area contributed by atoms with E-state index in [0.717, 1.165) is 36.2 Å². The van der Waals surface area contributed by atoms with Gasteiger partial charge in [-0.25, -0.2) is 9.37 Å². The van der Waals surface area contributed by atoms with E-state index in [0.29, 0.717) is 6.54 Å². The molecule has 0 saturated heterocycles. The normalized spacial score (nSPS) is 14.5. The largest absolute Gasteiger partial charge is 0.338 e. The minimum Gasteiger partial charge on any atom is -0.338 e. The molecule has 1 aliphatic rings. The Bertz CT molecular complexity index is 1470. The first-order chi connectivity index (χ1) is 16.3. The van der Waals surface area contributed by atoms with Crippen LogP contribution in [0.15, 0.2) is 41.4 Å². The number of rotatable bonds is 6. The second kappa shape index (κ2) is 9.46. The summed E-state index contributed by atoms with van der Waals surface area (Å²) in [6.07, 6.45) is 2.07. The number of nitrogens with one attached hydrogen (secondary N) is 2. The van der Waals surface area contributed by atoms with Gasteiger partial charge in [-0.2, -0.15) is 13.4 Å². The molecule has 0 fully saturated rings. The van der Waals surface area contributed by atoms with Crippen molar-refractivity contribution < 1.29 is 21.3 Å². The van der Waals surface area contributed by atoms with Crippen LogP contribution < -0.4 is 15.9 Å². The van der Waals surface area contributed by atoms with Gasteiger partial charge in [0.1, 0.15) is 18.0 Å². The highest BCUT2D eigenvalue weighted by Gasteiger charge is 2.23. The van der Waals surface area contributed by atoms with E-state index < -0.39 is 28.1 Å². The van der Waals surface area contributed by atoms with Gasteiger partial charge in [-0.1, -0.05) is 11.6 Å². The third-order valence-electron chi connectivity index (χ3n) is 5.57. The molecular formula is C22H23ClF2N5O3PS. The highest BCUT2D eigenvalue weighted by molar-refractivity contribution is 7.86. The molecule has 4 rings (SSSR count). The summed E-state index contributed by atoms with van der Waals surface area (Å²) in [5, 5.41) is 5.99. The van der Waals surface area contributed by atoms with Crippen LogP contribution in [0.3, 0.4) is 0 Å². The van der Waals surface area contributed by atoms with Gasteiger partial charge in [0.15, 0.2) is 5.82 Å². The molecule has 186 valence electrons. The molecule has 0 aliphatic carbocycles. The van der Waals surface area contributed by atoms with Crippen LogP contribution in [-0.2, 0) is 27.8 Å². The van der Waals surface area contributed by atoms with Crippen molar-refractivity contribution in [3.05, 3.63) is 58.5 Å². The summed E-state index contributed by atoms with van der Waals surface area (Å²) in [7, 11) is -6.04. The molecule has 2 heterocycles. The maximum atomic E-state index is 14.7. The van der Waals surface area contributed by atoms with E-state index in [4.69, 9.17) is 11.6 Å². The molecule has 0 bridgehead atoms. The number of fused-ring (bicyclic) bond motifs is 1. The monoisotopic (exact) mass is 541 g/mol. The highest BCUT2D eigenvalue weighted by Crippen LogP contribution is 2.40. The van der Waals surface area contributed by atoms with Crippen molar-refractivity contribution in [2.75, 3.05) is 37.6 Å². The third kappa shape index (κ3) is 5.81. The number of hydrogen-bond acceptors (Lipinski definition) is 8. The molecule has 0 radical (unpaired) electrons. The first-order valence-electron chi connectivity index (χ1n) is 10.5. The molecule has 2 N–H and O–H groups in total. The second-order valence-electron chi connectivity index (χ2n) is 8.70. The van der Waals surface area contributed by atoms with Gasteiger partial charge in [0.05, 0.1) is 22.5 Å². The summed E-state index contributed by atoms with van der Waals surface area (Å²) in [4.78, 5) is 9.94. The molecule has 1 aliphatic heterocycles. The van der Waals surface area contributed by atoms with Crippen LogP contribution in [0.2, 0.25) is 5.02 Å². The van der Waals surface area contributed by atoms with Crippen molar-refractivity contribution in [2.24, 2.45) is 0 Å². The quantitative estimate of drug-likeness (QED) is 0.343. The lowest BCUT2D eigenvalue weighted by Gasteiger charge is -2.25. The first kappa shape index (κ1) is 25.5. The predicted molar refractivity (Wildman–Crippen MR) is 134 cm³/mol. The fourth-order valence-electron chi connectivity index (χ4n) is 3.79. The number of halogens is 3. The summed E-state index contributed by atoms with van der Waals surface area (Å²) in [5.41, 5.74) is 2.40. The number of likely N-dealkylation sites (N-methyl/N-ethyl adjacent to an activating group) is 1. The number of nitrogens with zero attached hydrogens (tertiary/aromatic N) is 3. The van der Waals surface area contributed by atoms with Crippen LogP contribution in [0.25, 0.3) is 0 Å². The van der Waals surface area contributed by atoms with Crippen molar-refractivity contribution in [1.29, 1.82) is 0 Å². The lowest BCUT2D eigenvalue weighted by molar-refractivity contribution is 0.312. The molecular weight excluding hydrogens is 519 g/mol. The Morgan fingerprint density at radius 1 is 1.11 bits per heavy atom. The average Bonchev–Trinajstić information content (AvgIpc) is 2.75. The Kier molecular flexibility index (Phi) is 6.89. The average molecular weight is 542 g/mol. The van der Waals surface area contributed by atoms with Crippen LogP contribution >= 0.6 is 18.7 Å². The maximum Gasteiger partial charge on any atom is 0.332 e. The summed E-state index contributed by atoms with van der Waals surface area (Å²) in [6.45, 7) is 4.40. The predicted octanol–water partition coefficient (Wildman–Crippen LogP) is 4.65. The molecule has 0 saturated carbocycles. The van der Waals surface area contributed by atoms with Crippen LogP contribution in [0.1, 0.15) is 11.1 Å². The second-order valence-corrected chi connectivity index (χ2v) is 13.6. The van der Waals surface area contributed by atoms with Gasteiger partial charge < -0.3 is 20.1 Å². The van der Waals surface area contributed by atoms with Crippen LogP contribution in [0.5, 0.6) is 0 Å². The number of hydrogen-bond donors (Lipinski definition) is 2. The van der Waals surface area contributed by atoms with E-state index in [2.05, 4.69) is 25.5 Å². The molecule has 2 aromatic carbocycles. The zero-order chi connectivity index (χ0) is 25.5. The fourth-order valence-corrected chi connectivity index (χ4v) is 5.67. The van der Waals surface area contributed by atoms with Gasteiger partial charge in [-0.05, 0) is 68.3 Å². The van der Waals surface area contributed by atoms with E-state index >= 15 is 0 Å².